The van der Waals surface area contributed by atoms with E-state index in [1.54, 1.807) is 7.05 Å². The molecule has 1 aliphatic heterocycles. The minimum Gasteiger partial charge on any atom is -0.370 e. The SMILES string of the molecule is C=C(CCl)N1CC=C(c2ccc(/C(C)=N/N(C)OCC)cc2)CC1. The van der Waals surface area contributed by atoms with Crippen LogP contribution in [-0.2, 0) is 4.84 Å². The average Bonchev–Trinajstić information content (AvgIpc) is 2.61. The maximum Gasteiger partial charge on any atom is 0.0738 e. The maximum absolute atomic E-state index is 5.86. The normalized spacial score (nSPS) is 15.2. The number of rotatable bonds is 7. The number of benzene rings is 1. The van der Waals surface area contributed by atoms with Gasteiger partial charge in [0, 0.05) is 18.8 Å². The van der Waals surface area contributed by atoms with E-state index in [0.29, 0.717) is 12.5 Å². The van der Waals surface area contributed by atoms with Crippen molar-refractivity contribution in [1.82, 2.24) is 10.1 Å². The van der Waals surface area contributed by atoms with E-state index in [-0.39, 0.29) is 0 Å². The van der Waals surface area contributed by atoms with Crippen molar-refractivity contribution in [3.8, 4) is 0 Å². The summed E-state index contributed by atoms with van der Waals surface area (Å²) in [6.45, 7) is 10.4. The number of allylic oxidation sites excluding steroid dienone is 1. The molecule has 0 fully saturated rings. The van der Waals surface area contributed by atoms with E-state index in [2.05, 4.69) is 46.9 Å². The number of hydrogen-bond donors (Lipinski definition) is 0. The molecule has 0 unspecified atom stereocenters. The van der Waals surface area contributed by atoms with Crippen LogP contribution in [0.25, 0.3) is 5.57 Å². The molecule has 1 aromatic carbocycles. The molecule has 5 heteroatoms. The zero-order chi connectivity index (χ0) is 17.5. The minimum atomic E-state index is 0.493. The van der Waals surface area contributed by atoms with E-state index in [1.165, 1.54) is 16.3 Å². The topological polar surface area (TPSA) is 28.1 Å². The van der Waals surface area contributed by atoms with Crippen molar-refractivity contribution < 1.29 is 4.84 Å². The van der Waals surface area contributed by atoms with Crippen LogP contribution in [0.5, 0.6) is 0 Å². The van der Waals surface area contributed by atoms with Gasteiger partial charge in [-0.05, 0) is 37.0 Å². The largest absolute Gasteiger partial charge is 0.370 e. The fraction of sp³-hybridized carbons (Fsp3) is 0.421. The van der Waals surface area contributed by atoms with Gasteiger partial charge < -0.3 is 4.90 Å². The van der Waals surface area contributed by atoms with Gasteiger partial charge >= 0.3 is 0 Å². The minimum absolute atomic E-state index is 0.493. The van der Waals surface area contributed by atoms with Gasteiger partial charge in [0.15, 0.2) is 0 Å². The maximum atomic E-state index is 5.86. The molecule has 1 heterocycles. The number of hydroxylamine groups is 1. The highest BCUT2D eigenvalue weighted by atomic mass is 35.5. The van der Waals surface area contributed by atoms with Gasteiger partial charge in [-0.15, -0.1) is 11.6 Å². The summed E-state index contributed by atoms with van der Waals surface area (Å²) < 4.78 is 0. The molecule has 24 heavy (non-hydrogen) atoms. The van der Waals surface area contributed by atoms with Crippen LogP contribution in [0.3, 0.4) is 0 Å². The van der Waals surface area contributed by atoms with Gasteiger partial charge in [0.05, 0.1) is 25.2 Å². The van der Waals surface area contributed by atoms with Crippen molar-refractivity contribution in [3.63, 3.8) is 0 Å². The van der Waals surface area contributed by atoms with Gasteiger partial charge in [0.25, 0.3) is 0 Å². The van der Waals surface area contributed by atoms with Crippen LogP contribution in [-0.4, -0.2) is 48.4 Å². The van der Waals surface area contributed by atoms with Gasteiger partial charge in [-0.2, -0.15) is 10.3 Å². The van der Waals surface area contributed by atoms with Crippen molar-refractivity contribution in [2.24, 2.45) is 5.10 Å². The summed E-state index contributed by atoms with van der Waals surface area (Å²) in [6, 6.07) is 8.54. The molecule has 0 N–H and O–H groups in total. The van der Waals surface area contributed by atoms with E-state index in [1.807, 2.05) is 13.8 Å². The third-order valence-corrected chi connectivity index (χ3v) is 4.40. The first-order valence-electron chi connectivity index (χ1n) is 8.25. The third kappa shape index (κ3) is 4.86. The number of nitrogens with zero attached hydrogens (tertiary/aromatic N) is 3. The summed E-state index contributed by atoms with van der Waals surface area (Å²) in [5.74, 6) is 0.493. The monoisotopic (exact) mass is 347 g/mol. The molecule has 2 rings (SSSR count). The molecule has 0 aliphatic carbocycles. The molecule has 0 saturated carbocycles. The first-order chi connectivity index (χ1) is 11.5. The number of alkyl halides is 1. The summed E-state index contributed by atoms with van der Waals surface area (Å²) in [5.41, 5.74) is 5.66. The van der Waals surface area contributed by atoms with Crippen LogP contribution in [0.15, 0.2) is 47.7 Å². The van der Waals surface area contributed by atoms with E-state index in [4.69, 9.17) is 16.4 Å². The van der Waals surface area contributed by atoms with Gasteiger partial charge in [0.1, 0.15) is 0 Å². The van der Waals surface area contributed by atoms with Gasteiger partial charge in [-0.25, -0.2) is 0 Å². The Morgan fingerprint density at radius 2 is 2.08 bits per heavy atom. The van der Waals surface area contributed by atoms with Crippen LogP contribution in [0, 0.1) is 0 Å². The summed E-state index contributed by atoms with van der Waals surface area (Å²) in [6.07, 6.45) is 3.27. The van der Waals surface area contributed by atoms with E-state index >= 15 is 0 Å². The molecule has 1 aromatic rings. The fourth-order valence-electron chi connectivity index (χ4n) is 2.71. The summed E-state index contributed by atoms with van der Waals surface area (Å²) in [4.78, 5) is 7.53. The second-order valence-corrected chi connectivity index (χ2v) is 6.04. The Bertz CT molecular complexity index is 622. The van der Waals surface area contributed by atoms with Crippen molar-refractivity contribution in [1.29, 1.82) is 0 Å². The van der Waals surface area contributed by atoms with E-state index in [0.717, 1.165) is 36.5 Å². The predicted octanol–water partition coefficient (Wildman–Crippen LogP) is 4.14. The Labute approximate surface area is 150 Å². The first-order valence-corrected chi connectivity index (χ1v) is 8.79. The lowest BCUT2D eigenvalue weighted by molar-refractivity contribution is -0.133. The Balaban J connectivity index is 2.05. The quantitative estimate of drug-likeness (QED) is 0.421. The Hall–Kier alpha value is -1.78. The van der Waals surface area contributed by atoms with Gasteiger partial charge in [0.2, 0.25) is 0 Å². The van der Waals surface area contributed by atoms with Gasteiger partial charge in [-0.1, -0.05) is 36.9 Å². The highest BCUT2D eigenvalue weighted by Gasteiger charge is 2.13. The second kappa shape index (κ2) is 8.90. The second-order valence-electron chi connectivity index (χ2n) is 5.77. The Kier molecular flexibility index (Phi) is 6.88. The third-order valence-electron chi connectivity index (χ3n) is 4.09. The van der Waals surface area contributed by atoms with Crippen LogP contribution in [0.2, 0.25) is 0 Å². The smallest absolute Gasteiger partial charge is 0.0738 e. The first kappa shape index (κ1) is 18.6. The fourth-order valence-corrected chi connectivity index (χ4v) is 2.88. The lowest BCUT2D eigenvalue weighted by Crippen LogP contribution is -2.28. The molecule has 0 bridgehead atoms. The van der Waals surface area contributed by atoms with Crippen LogP contribution < -0.4 is 0 Å². The number of hydrogen-bond acceptors (Lipinski definition) is 4. The lowest BCUT2D eigenvalue weighted by Gasteiger charge is -2.29. The molecule has 1 aliphatic rings. The van der Waals surface area contributed by atoms with Crippen molar-refractivity contribution >= 4 is 22.9 Å². The van der Waals surface area contributed by atoms with E-state index in [9.17, 15) is 0 Å². The highest BCUT2D eigenvalue weighted by Crippen LogP contribution is 2.24. The Morgan fingerprint density at radius 3 is 2.62 bits per heavy atom. The number of hydrazone groups is 1. The summed E-state index contributed by atoms with van der Waals surface area (Å²) >= 11 is 5.86. The van der Waals surface area contributed by atoms with Crippen molar-refractivity contribution in [2.75, 3.05) is 32.6 Å². The molecule has 4 nitrogen and oxygen atoms in total. The molecule has 0 saturated heterocycles. The van der Waals surface area contributed by atoms with E-state index < -0.39 is 0 Å². The van der Waals surface area contributed by atoms with Crippen LogP contribution in [0.4, 0.5) is 0 Å². The van der Waals surface area contributed by atoms with Crippen LogP contribution in [0.1, 0.15) is 31.4 Å². The van der Waals surface area contributed by atoms with Crippen LogP contribution >= 0.6 is 11.6 Å². The Morgan fingerprint density at radius 1 is 1.38 bits per heavy atom. The zero-order valence-corrected chi connectivity index (χ0v) is 15.5. The molecule has 0 spiro atoms. The number of halogens is 1. The summed E-state index contributed by atoms with van der Waals surface area (Å²) in [7, 11) is 1.80. The summed E-state index contributed by atoms with van der Waals surface area (Å²) in [5, 5.41) is 5.91. The van der Waals surface area contributed by atoms with Crippen molar-refractivity contribution in [2.45, 2.75) is 20.3 Å². The highest BCUT2D eigenvalue weighted by molar-refractivity contribution is 6.19. The average molecular weight is 348 g/mol. The molecule has 130 valence electrons. The molecule has 0 amide bonds. The molecule has 0 radical (unpaired) electrons. The molecular formula is C19H26ClN3O. The molecule has 0 atom stereocenters. The molecular weight excluding hydrogens is 322 g/mol. The van der Waals surface area contributed by atoms with Gasteiger partial charge in [-0.3, -0.25) is 4.84 Å². The van der Waals surface area contributed by atoms with Crippen molar-refractivity contribution in [3.05, 3.63) is 53.7 Å². The zero-order valence-electron chi connectivity index (χ0n) is 14.8. The predicted molar refractivity (Wildman–Crippen MR) is 102 cm³/mol. The molecule has 0 aromatic heterocycles. The lowest BCUT2D eigenvalue weighted by atomic mass is 9.97. The standard InChI is InChI=1S/C19H26ClN3O/c1-5-24-22(4)21-16(3)17-6-8-18(9-7-17)19-10-12-23(13-11-19)15(2)14-20/h6-10H,2,5,11-14H2,1,3-4H3/b21-16+.